The molecule has 0 bridgehead atoms. The fourth-order valence-corrected chi connectivity index (χ4v) is 2.96. The summed E-state index contributed by atoms with van der Waals surface area (Å²) < 4.78 is 5.42. The Bertz CT molecular complexity index is 454. The molecule has 0 aliphatic carbocycles. The molecule has 20 heavy (non-hydrogen) atoms. The second kappa shape index (κ2) is 5.93. The van der Waals surface area contributed by atoms with E-state index in [0.29, 0.717) is 17.8 Å². The summed E-state index contributed by atoms with van der Waals surface area (Å²) >= 11 is 0. The van der Waals surface area contributed by atoms with Crippen LogP contribution in [0.4, 0.5) is 11.8 Å². The van der Waals surface area contributed by atoms with E-state index >= 15 is 0 Å². The van der Waals surface area contributed by atoms with Crippen molar-refractivity contribution < 1.29 is 9.84 Å². The predicted molar refractivity (Wildman–Crippen MR) is 76.6 cm³/mol. The van der Waals surface area contributed by atoms with Crippen molar-refractivity contribution in [2.45, 2.75) is 25.2 Å². The Balaban J connectivity index is 1.76. The molecule has 6 heteroatoms. The van der Waals surface area contributed by atoms with Crippen LogP contribution in [0, 0.1) is 5.92 Å². The zero-order chi connectivity index (χ0) is 13.9. The maximum absolute atomic E-state index is 9.20. The van der Waals surface area contributed by atoms with Crippen LogP contribution in [-0.2, 0) is 4.74 Å². The lowest BCUT2D eigenvalue weighted by Gasteiger charge is -2.32. The van der Waals surface area contributed by atoms with Crippen molar-refractivity contribution in [1.29, 1.82) is 0 Å². The van der Waals surface area contributed by atoms with Crippen LogP contribution in [0.15, 0.2) is 6.07 Å². The largest absolute Gasteiger partial charge is 0.396 e. The number of ether oxygens (including phenoxy) is 1. The van der Waals surface area contributed by atoms with Crippen LogP contribution in [-0.4, -0.2) is 48.0 Å². The molecule has 0 saturated carbocycles. The van der Waals surface area contributed by atoms with Crippen molar-refractivity contribution in [2.75, 3.05) is 43.5 Å². The summed E-state index contributed by atoms with van der Waals surface area (Å²) in [6, 6.07) is 2.05. The average Bonchev–Trinajstić information content (AvgIpc) is 3.01. The minimum atomic E-state index is 0.282. The van der Waals surface area contributed by atoms with Crippen molar-refractivity contribution in [3.63, 3.8) is 0 Å². The number of nitrogen functional groups attached to an aromatic ring is 1. The molecule has 3 rings (SSSR count). The normalized spacial score (nSPS) is 24.2. The van der Waals surface area contributed by atoms with Gasteiger partial charge in [-0.15, -0.1) is 0 Å². The molecule has 1 atom stereocenters. The number of aliphatic hydroxyl groups is 1. The molecule has 2 saturated heterocycles. The summed E-state index contributed by atoms with van der Waals surface area (Å²) in [6.07, 6.45) is 3.01. The van der Waals surface area contributed by atoms with Gasteiger partial charge in [0.25, 0.3) is 0 Å². The third kappa shape index (κ3) is 2.86. The first kappa shape index (κ1) is 13.6. The topological polar surface area (TPSA) is 84.5 Å². The summed E-state index contributed by atoms with van der Waals surface area (Å²) in [5, 5.41) is 9.20. The van der Waals surface area contributed by atoms with Gasteiger partial charge in [-0.25, -0.2) is 4.98 Å². The number of hydrogen-bond acceptors (Lipinski definition) is 6. The third-order valence-corrected chi connectivity index (χ3v) is 4.29. The van der Waals surface area contributed by atoms with E-state index in [1.54, 1.807) is 0 Å². The first-order chi connectivity index (χ1) is 9.76. The summed E-state index contributed by atoms with van der Waals surface area (Å²) in [5.74, 6) is 2.02. The highest BCUT2D eigenvalue weighted by Crippen LogP contribution is 2.28. The van der Waals surface area contributed by atoms with Crippen LogP contribution in [0.1, 0.15) is 30.9 Å². The van der Waals surface area contributed by atoms with E-state index in [1.807, 2.05) is 0 Å². The van der Waals surface area contributed by atoms with Crippen molar-refractivity contribution in [3.05, 3.63) is 11.8 Å². The van der Waals surface area contributed by atoms with Crippen molar-refractivity contribution in [2.24, 2.45) is 5.92 Å². The smallest absolute Gasteiger partial charge is 0.222 e. The highest BCUT2D eigenvalue weighted by Gasteiger charge is 2.23. The minimum Gasteiger partial charge on any atom is -0.396 e. The number of aromatic nitrogens is 2. The summed E-state index contributed by atoms with van der Waals surface area (Å²) in [6.45, 7) is 3.64. The Morgan fingerprint density at radius 2 is 2.10 bits per heavy atom. The van der Waals surface area contributed by atoms with Gasteiger partial charge in [0, 0.05) is 38.3 Å². The van der Waals surface area contributed by atoms with Crippen LogP contribution in [0.25, 0.3) is 0 Å². The van der Waals surface area contributed by atoms with E-state index in [4.69, 9.17) is 10.5 Å². The van der Waals surface area contributed by atoms with Crippen LogP contribution < -0.4 is 10.6 Å². The second-order valence-corrected chi connectivity index (χ2v) is 5.68. The first-order valence-corrected chi connectivity index (χ1v) is 7.34. The Labute approximate surface area is 119 Å². The number of aliphatic hydroxyl groups excluding tert-OH is 1. The van der Waals surface area contributed by atoms with Crippen molar-refractivity contribution in [1.82, 2.24) is 9.97 Å². The number of piperidine rings is 1. The Hall–Kier alpha value is -1.40. The number of anilines is 2. The SMILES string of the molecule is Nc1nc(C2CCOC2)cc(N2CCC(CO)CC2)n1. The molecular formula is C14H22N4O2. The average molecular weight is 278 g/mol. The van der Waals surface area contributed by atoms with Gasteiger partial charge >= 0.3 is 0 Å². The molecule has 3 N–H and O–H groups in total. The molecule has 0 aromatic carbocycles. The maximum Gasteiger partial charge on any atom is 0.222 e. The first-order valence-electron chi connectivity index (χ1n) is 7.34. The van der Waals surface area contributed by atoms with Gasteiger partial charge < -0.3 is 20.5 Å². The maximum atomic E-state index is 9.20. The molecule has 0 spiro atoms. The predicted octanol–water partition coefficient (Wildman–Crippen LogP) is 0.771. The van der Waals surface area contributed by atoms with Gasteiger partial charge in [0.2, 0.25) is 5.95 Å². The van der Waals surface area contributed by atoms with Gasteiger partial charge in [0.05, 0.1) is 12.3 Å². The molecule has 2 aliphatic heterocycles. The standard InChI is InChI=1S/C14H22N4O2/c15-14-16-12(11-3-6-20-9-11)7-13(17-14)18-4-1-10(8-19)2-5-18/h7,10-11,19H,1-6,8-9H2,(H2,15,16,17). The zero-order valence-electron chi connectivity index (χ0n) is 11.7. The van der Waals surface area contributed by atoms with E-state index in [9.17, 15) is 5.11 Å². The van der Waals surface area contributed by atoms with E-state index in [2.05, 4.69) is 20.9 Å². The van der Waals surface area contributed by atoms with Gasteiger partial charge in [-0.1, -0.05) is 0 Å². The second-order valence-electron chi connectivity index (χ2n) is 5.68. The fraction of sp³-hybridized carbons (Fsp3) is 0.714. The third-order valence-electron chi connectivity index (χ3n) is 4.29. The van der Waals surface area contributed by atoms with Gasteiger partial charge in [0.15, 0.2) is 0 Å². The molecule has 110 valence electrons. The van der Waals surface area contributed by atoms with Crippen LogP contribution in [0.2, 0.25) is 0 Å². The zero-order valence-corrected chi connectivity index (χ0v) is 11.7. The quantitative estimate of drug-likeness (QED) is 0.849. The number of nitrogens with two attached hydrogens (primary N) is 1. The van der Waals surface area contributed by atoms with Crippen LogP contribution in [0.3, 0.4) is 0 Å². The molecule has 2 aliphatic rings. The summed E-state index contributed by atoms with van der Waals surface area (Å²) in [7, 11) is 0. The van der Waals surface area contributed by atoms with Crippen LogP contribution in [0.5, 0.6) is 0 Å². The molecular weight excluding hydrogens is 256 g/mol. The lowest BCUT2D eigenvalue weighted by molar-refractivity contribution is 0.193. The molecule has 0 amide bonds. The molecule has 1 aromatic heterocycles. The van der Waals surface area contributed by atoms with E-state index in [-0.39, 0.29) is 6.61 Å². The lowest BCUT2D eigenvalue weighted by atomic mass is 9.98. The van der Waals surface area contributed by atoms with Crippen molar-refractivity contribution in [3.8, 4) is 0 Å². The summed E-state index contributed by atoms with van der Waals surface area (Å²) in [5.41, 5.74) is 6.85. The Kier molecular flexibility index (Phi) is 4.03. The monoisotopic (exact) mass is 278 g/mol. The highest BCUT2D eigenvalue weighted by molar-refractivity contribution is 5.44. The molecule has 1 aromatic rings. The fourth-order valence-electron chi connectivity index (χ4n) is 2.96. The number of rotatable bonds is 3. The molecule has 2 fully saturated rings. The van der Waals surface area contributed by atoms with E-state index < -0.39 is 0 Å². The minimum absolute atomic E-state index is 0.282. The van der Waals surface area contributed by atoms with E-state index in [1.165, 1.54) is 0 Å². The van der Waals surface area contributed by atoms with E-state index in [0.717, 1.165) is 57.1 Å². The Morgan fingerprint density at radius 1 is 1.30 bits per heavy atom. The van der Waals surface area contributed by atoms with Gasteiger partial charge in [0.1, 0.15) is 5.82 Å². The van der Waals surface area contributed by atoms with Gasteiger partial charge in [-0.2, -0.15) is 4.98 Å². The summed E-state index contributed by atoms with van der Waals surface area (Å²) in [4.78, 5) is 11.0. The highest BCUT2D eigenvalue weighted by atomic mass is 16.5. The van der Waals surface area contributed by atoms with Gasteiger partial charge in [-0.05, 0) is 25.2 Å². The van der Waals surface area contributed by atoms with Crippen LogP contribution >= 0.6 is 0 Å². The van der Waals surface area contributed by atoms with Gasteiger partial charge in [-0.3, -0.25) is 0 Å². The molecule has 1 unspecified atom stereocenters. The van der Waals surface area contributed by atoms with Crippen molar-refractivity contribution >= 4 is 11.8 Å². The molecule has 6 nitrogen and oxygen atoms in total. The molecule has 3 heterocycles. The Morgan fingerprint density at radius 3 is 2.75 bits per heavy atom. The number of nitrogens with zero attached hydrogens (tertiary/aromatic N) is 3. The molecule has 0 radical (unpaired) electrons. The number of hydrogen-bond donors (Lipinski definition) is 2. The lowest BCUT2D eigenvalue weighted by Crippen LogP contribution is -2.35.